The predicted octanol–water partition coefficient (Wildman–Crippen LogP) is 0.257. The first-order chi connectivity index (χ1) is 13.3. The summed E-state index contributed by atoms with van der Waals surface area (Å²) in [7, 11) is 0. The van der Waals surface area contributed by atoms with Crippen molar-refractivity contribution >= 4 is 23.9 Å². The van der Waals surface area contributed by atoms with Gasteiger partial charge in [-0.25, -0.2) is 9.59 Å². The van der Waals surface area contributed by atoms with Gasteiger partial charge in [0.25, 0.3) is 5.91 Å². The number of amides is 6. The van der Waals surface area contributed by atoms with Gasteiger partial charge >= 0.3 is 12.1 Å². The van der Waals surface area contributed by atoms with Crippen LogP contribution >= 0.6 is 0 Å². The van der Waals surface area contributed by atoms with Gasteiger partial charge < -0.3 is 20.1 Å². The zero-order valence-electron chi connectivity index (χ0n) is 15.2. The second kappa shape index (κ2) is 6.70. The van der Waals surface area contributed by atoms with Crippen LogP contribution in [0.5, 0.6) is 11.5 Å². The fourth-order valence-electron chi connectivity index (χ4n) is 3.23. The lowest BCUT2D eigenvalue weighted by molar-refractivity contribution is -0.134. The molecule has 6 amide bonds. The van der Waals surface area contributed by atoms with E-state index in [9.17, 15) is 19.2 Å². The van der Waals surface area contributed by atoms with Crippen LogP contribution in [-0.4, -0.2) is 53.7 Å². The van der Waals surface area contributed by atoms with Crippen molar-refractivity contribution in [3.8, 4) is 11.5 Å². The van der Waals surface area contributed by atoms with Gasteiger partial charge in [0.15, 0.2) is 11.5 Å². The number of hydrogen-bond donors (Lipinski definition) is 3. The van der Waals surface area contributed by atoms with Crippen LogP contribution in [0.2, 0.25) is 0 Å². The summed E-state index contributed by atoms with van der Waals surface area (Å²) >= 11 is 0. The molecule has 3 aliphatic rings. The van der Waals surface area contributed by atoms with E-state index < -0.39 is 36.0 Å². The summed E-state index contributed by atoms with van der Waals surface area (Å²) in [5.74, 6) is -0.0591. The third kappa shape index (κ3) is 3.57. The summed E-state index contributed by atoms with van der Waals surface area (Å²) in [6.07, 6.45) is 1.98. The van der Waals surface area contributed by atoms with E-state index >= 15 is 0 Å². The van der Waals surface area contributed by atoms with Crippen molar-refractivity contribution in [2.45, 2.75) is 37.8 Å². The van der Waals surface area contributed by atoms with E-state index in [-0.39, 0.29) is 19.3 Å². The SMILES string of the molecule is C[C@@]1(Cc2ccc3c(c2)OCO3)NC(=O)N(CC(=O)NC(=O)NC2CC2)C1=O. The number of urea groups is 2. The minimum Gasteiger partial charge on any atom is -0.454 e. The van der Waals surface area contributed by atoms with Crippen LogP contribution < -0.4 is 25.4 Å². The van der Waals surface area contributed by atoms with Crippen LogP contribution in [0.25, 0.3) is 0 Å². The molecule has 2 aliphatic heterocycles. The molecule has 0 aromatic heterocycles. The van der Waals surface area contributed by atoms with E-state index in [4.69, 9.17) is 9.47 Å². The number of rotatable bonds is 5. The number of hydrogen-bond acceptors (Lipinski definition) is 6. The number of carbonyl (C=O) groups is 4. The van der Waals surface area contributed by atoms with Crippen LogP contribution in [0.1, 0.15) is 25.3 Å². The van der Waals surface area contributed by atoms with Gasteiger partial charge in [-0.2, -0.15) is 0 Å². The minimum atomic E-state index is -1.21. The molecule has 28 heavy (non-hydrogen) atoms. The highest BCUT2D eigenvalue weighted by molar-refractivity contribution is 6.09. The van der Waals surface area contributed by atoms with Gasteiger partial charge in [0.2, 0.25) is 12.7 Å². The maximum absolute atomic E-state index is 12.8. The highest BCUT2D eigenvalue weighted by Crippen LogP contribution is 2.34. The van der Waals surface area contributed by atoms with Crippen molar-refractivity contribution in [3.63, 3.8) is 0 Å². The number of ether oxygens (including phenoxy) is 2. The number of imide groups is 2. The molecule has 3 N–H and O–H groups in total. The lowest BCUT2D eigenvalue weighted by Gasteiger charge is -2.21. The Bertz CT molecular complexity index is 868. The molecule has 1 atom stereocenters. The second-order valence-corrected chi connectivity index (χ2v) is 7.31. The Morgan fingerprint density at radius 3 is 2.75 bits per heavy atom. The molecule has 0 radical (unpaired) electrons. The fourth-order valence-corrected chi connectivity index (χ4v) is 3.23. The van der Waals surface area contributed by atoms with Crippen molar-refractivity contribution in [2.24, 2.45) is 0 Å². The summed E-state index contributed by atoms with van der Waals surface area (Å²) in [5, 5.41) is 7.37. The van der Waals surface area contributed by atoms with Crippen molar-refractivity contribution in [1.29, 1.82) is 0 Å². The minimum absolute atomic E-state index is 0.0921. The van der Waals surface area contributed by atoms with Gasteiger partial charge in [0.1, 0.15) is 12.1 Å². The van der Waals surface area contributed by atoms with E-state index in [1.807, 2.05) is 0 Å². The van der Waals surface area contributed by atoms with Gasteiger partial charge in [0, 0.05) is 12.5 Å². The summed E-state index contributed by atoms with van der Waals surface area (Å²) in [5.41, 5.74) is -0.433. The predicted molar refractivity (Wildman–Crippen MR) is 94.6 cm³/mol. The first-order valence-corrected chi connectivity index (χ1v) is 8.97. The van der Waals surface area contributed by atoms with Gasteiger partial charge in [0.05, 0.1) is 0 Å². The molecule has 1 aliphatic carbocycles. The van der Waals surface area contributed by atoms with Crippen LogP contribution in [0.3, 0.4) is 0 Å². The molecule has 0 spiro atoms. The number of benzene rings is 1. The molecule has 4 rings (SSSR count). The van der Waals surface area contributed by atoms with Crippen molar-refractivity contribution in [3.05, 3.63) is 23.8 Å². The summed E-state index contributed by atoms with van der Waals surface area (Å²) in [4.78, 5) is 49.5. The Morgan fingerprint density at radius 2 is 2.00 bits per heavy atom. The van der Waals surface area contributed by atoms with Gasteiger partial charge in [-0.1, -0.05) is 6.07 Å². The number of fused-ring (bicyclic) bond motifs is 1. The van der Waals surface area contributed by atoms with Crippen LogP contribution in [0.4, 0.5) is 9.59 Å². The molecule has 2 heterocycles. The third-order valence-corrected chi connectivity index (χ3v) is 4.81. The highest BCUT2D eigenvalue weighted by atomic mass is 16.7. The average molecular weight is 388 g/mol. The molecule has 1 saturated heterocycles. The van der Waals surface area contributed by atoms with E-state index in [0.29, 0.717) is 11.5 Å². The van der Waals surface area contributed by atoms with Crippen molar-refractivity contribution in [1.82, 2.24) is 20.9 Å². The first-order valence-electron chi connectivity index (χ1n) is 8.97. The standard InChI is InChI=1S/C18H20N4O6/c1-18(7-10-2-5-12-13(6-10)28-9-27-12)15(24)22(17(26)21-18)8-14(23)20-16(25)19-11-3-4-11/h2,5-6,11H,3-4,7-9H2,1H3,(H,21,26)(H2,19,20,23,25)/t18-/m0/s1. The van der Waals surface area contributed by atoms with E-state index in [1.54, 1.807) is 25.1 Å². The molecule has 10 nitrogen and oxygen atoms in total. The van der Waals surface area contributed by atoms with E-state index in [0.717, 1.165) is 23.3 Å². The molecule has 1 saturated carbocycles. The largest absolute Gasteiger partial charge is 0.454 e. The monoisotopic (exact) mass is 388 g/mol. The van der Waals surface area contributed by atoms with Gasteiger partial charge in [-0.05, 0) is 37.5 Å². The average Bonchev–Trinajstić information content (AvgIpc) is 3.26. The molecule has 2 fully saturated rings. The van der Waals surface area contributed by atoms with Crippen molar-refractivity contribution < 1.29 is 28.7 Å². The fraction of sp³-hybridized carbons (Fsp3) is 0.444. The molecular weight excluding hydrogens is 368 g/mol. The molecular formula is C18H20N4O6. The van der Waals surface area contributed by atoms with Crippen LogP contribution in [0.15, 0.2) is 18.2 Å². The third-order valence-electron chi connectivity index (χ3n) is 4.81. The number of nitrogens with zero attached hydrogens (tertiary/aromatic N) is 1. The highest BCUT2D eigenvalue weighted by Gasteiger charge is 2.48. The molecule has 1 aromatic carbocycles. The number of carbonyl (C=O) groups excluding carboxylic acids is 4. The molecule has 1 aromatic rings. The quantitative estimate of drug-likeness (QED) is 0.621. The Balaban J connectivity index is 1.39. The van der Waals surface area contributed by atoms with Crippen LogP contribution in [-0.2, 0) is 16.0 Å². The Labute approximate surface area is 160 Å². The molecule has 148 valence electrons. The second-order valence-electron chi connectivity index (χ2n) is 7.31. The maximum Gasteiger partial charge on any atom is 0.325 e. The Kier molecular flexibility index (Phi) is 4.33. The Hall–Kier alpha value is -3.30. The molecule has 10 heteroatoms. The Morgan fingerprint density at radius 1 is 1.25 bits per heavy atom. The number of nitrogens with one attached hydrogen (secondary N) is 3. The lowest BCUT2D eigenvalue weighted by Crippen LogP contribution is -2.48. The van der Waals surface area contributed by atoms with E-state index in [2.05, 4.69) is 16.0 Å². The zero-order chi connectivity index (χ0) is 19.9. The zero-order valence-corrected chi connectivity index (χ0v) is 15.2. The summed E-state index contributed by atoms with van der Waals surface area (Å²) in [6.45, 7) is 1.21. The van der Waals surface area contributed by atoms with Crippen LogP contribution in [0, 0.1) is 0 Å². The van der Waals surface area contributed by atoms with Crippen molar-refractivity contribution in [2.75, 3.05) is 13.3 Å². The van der Waals surface area contributed by atoms with E-state index in [1.165, 1.54) is 0 Å². The molecule has 0 bridgehead atoms. The summed E-state index contributed by atoms with van der Waals surface area (Å²) in [6, 6.07) is 4.08. The lowest BCUT2D eigenvalue weighted by atomic mass is 9.92. The molecule has 0 unspecified atom stereocenters. The summed E-state index contributed by atoms with van der Waals surface area (Å²) < 4.78 is 10.6. The maximum atomic E-state index is 12.8. The topological polar surface area (TPSA) is 126 Å². The first kappa shape index (κ1) is 18.1. The van der Waals surface area contributed by atoms with Gasteiger partial charge in [-0.15, -0.1) is 0 Å². The smallest absolute Gasteiger partial charge is 0.325 e. The normalized spacial score (nSPS) is 22.8. The van der Waals surface area contributed by atoms with Gasteiger partial charge in [-0.3, -0.25) is 19.8 Å².